The topological polar surface area (TPSA) is 102 Å². The second kappa shape index (κ2) is 6.56. The van der Waals surface area contributed by atoms with Gasteiger partial charge >= 0.3 is 6.03 Å². The first-order valence-electron chi connectivity index (χ1n) is 9.68. The molecule has 1 aromatic carbocycles. The lowest BCUT2D eigenvalue weighted by Gasteiger charge is -2.37. The molecule has 2 saturated heterocycles. The zero-order chi connectivity index (χ0) is 19.3. The minimum absolute atomic E-state index is 0.100. The molecule has 3 atom stereocenters. The summed E-state index contributed by atoms with van der Waals surface area (Å²) in [6.45, 7) is 0. The molecule has 0 saturated carbocycles. The molecule has 0 aliphatic carbocycles. The number of aromatic nitrogens is 4. The number of carbonyl (C=O) groups is 1. The highest BCUT2D eigenvalue weighted by atomic mass is 16.2. The number of aryl methyl sites for hydroxylation is 1. The van der Waals surface area contributed by atoms with Gasteiger partial charge in [0.1, 0.15) is 0 Å². The van der Waals surface area contributed by atoms with Gasteiger partial charge in [0.2, 0.25) is 0 Å². The van der Waals surface area contributed by atoms with E-state index in [9.17, 15) is 4.79 Å². The van der Waals surface area contributed by atoms with Crippen LogP contribution in [0.15, 0.2) is 36.7 Å². The molecule has 3 aromatic rings. The summed E-state index contributed by atoms with van der Waals surface area (Å²) in [6, 6.07) is 8.42. The van der Waals surface area contributed by atoms with Crippen LogP contribution in [0.4, 0.5) is 10.6 Å². The van der Waals surface area contributed by atoms with Gasteiger partial charge in [-0.25, -0.2) is 4.79 Å². The van der Waals surface area contributed by atoms with Gasteiger partial charge in [-0.2, -0.15) is 5.10 Å². The predicted molar refractivity (Wildman–Crippen MR) is 107 cm³/mol. The summed E-state index contributed by atoms with van der Waals surface area (Å²) in [5.74, 6) is 0.468. The molecular weight excluding hydrogens is 354 g/mol. The Labute approximate surface area is 162 Å². The van der Waals surface area contributed by atoms with Gasteiger partial charge in [-0.1, -0.05) is 6.07 Å². The number of benzene rings is 1. The average Bonchev–Trinajstić information content (AvgIpc) is 3.22. The molecule has 3 N–H and O–H groups in total. The van der Waals surface area contributed by atoms with Crippen LogP contribution < -0.4 is 11.1 Å². The van der Waals surface area contributed by atoms with Gasteiger partial charge < -0.3 is 10.6 Å². The fraction of sp³-hybridized carbons (Fsp3) is 0.400. The minimum atomic E-state index is -0.100. The molecular formula is C20H23N7O. The summed E-state index contributed by atoms with van der Waals surface area (Å²) in [7, 11) is 1.89. The van der Waals surface area contributed by atoms with Crippen molar-refractivity contribution in [1.82, 2.24) is 24.9 Å². The molecule has 0 spiro atoms. The number of piperidine rings is 1. The van der Waals surface area contributed by atoms with Crippen molar-refractivity contribution in [3.63, 3.8) is 0 Å². The van der Waals surface area contributed by atoms with Crippen molar-refractivity contribution in [1.29, 1.82) is 0 Å². The van der Waals surface area contributed by atoms with Crippen LogP contribution in [-0.4, -0.2) is 49.0 Å². The third kappa shape index (κ3) is 2.99. The molecule has 4 heterocycles. The monoisotopic (exact) mass is 377 g/mol. The van der Waals surface area contributed by atoms with Crippen LogP contribution in [0.3, 0.4) is 0 Å². The number of anilines is 1. The highest BCUT2D eigenvalue weighted by Crippen LogP contribution is 2.35. The van der Waals surface area contributed by atoms with Crippen molar-refractivity contribution >= 4 is 22.8 Å². The van der Waals surface area contributed by atoms with Crippen LogP contribution in [0.5, 0.6) is 0 Å². The van der Waals surface area contributed by atoms with Crippen LogP contribution in [0.1, 0.15) is 25.7 Å². The molecule has 0 unspecified atom stereocenters. The quantitative estimate of drug-likeness (QED) is 0.714. The van der Waals surface area contributed by atoms with Crippen LogP contribution in [-0.2, 0) is 7.05 Å². The van der Waals surface area contributed by atoms with E-state index in [1.54, 1.807) is 4.68 Å². The molecule has 2 aliphatic heterocycles. The van der Waals surface area contributed by atoms with Crippen LogP contribution in [0.25, 0.3) is 22.0 Å². The Hall–Kier alpha value is -3.00. The SMILES string of the molecule is Cn1cc(-c2ccc3nnc(NC(=O)N4[C@@H]5CC[C@H]4C[C@H](N)C5)cc3c2)cn1. The average molecular weight is 377 g/mol. The van der Waals surface area contributed by atoms with Crippen LogP contribution in [0.2, 0.25) is 0 Å². The Bertz CT molecular complexity index is 1030. The number of hydrogen-bond donors (Lipinski definition) is 2. The van der Waals surface area contributed by atoms with E-state index in [2.05, 4.69) is 20.6 Å². The van der Waals surface area contributed by atoms with Gasteiger partial charge in [-0.3, -0.25) is 10.00 Å². The van der Waals surface area contributed by atoms with Crippen molar-refractivity contribution in [3.05, 3.63) is 36.7 Å². The van der Waals surface area contributed by atoms with Gasteiger partial charge in [-0.05, 0) is 49.4 Å². The summed E-state index contributed by atoms with van der Waals surface area (Å²) in [4.78, 5) is 14.8. The third-order valence-corrected chi connectivity index (χ3v) is 5.86. The maximum atomic E-state index is 12.9. The number of fused-ring (bicyclic) bond motifs is 3. The summed E-state index contributed by atoms with van der Waals surface area (Å²) in [6.07, 6.45) is 7.61. The second-order valence-electron chi connectivity index (χ2n) is 7.86. The van der Waals surface area contributed by atoms with Gasteiger partial charge in [0.25, 0.3) is 0 Å². The van der Waals surface area contributed by atoms with E-state index in [1.165, 1.54) is 0 Å². The zero-order valence-electron chi connectivity index (χ0n) is 15.7. The number of urea groups is 1. The Morgan fingerprint density at radius 2 is 1.93 bits per heavy atom. The predicted octanol–water partition coefficient (Wildman–Crippen LogP) is 2.52. The lowest BCUT2D eigenvalue weighted by atomic mass is 9.99. The molecule has 28 heavy (non-hydrogen) atoms. The molecule has 2 aliphatic rings. The fourth-order valence-electron chi connectivity index (χ4n) is 4.58. The lowest BCUT2D eigenvalue weighted by molar-refractivity contribution is 0.150. The van der Waals surface area contributed by atoms with Crippen LogP contribution in [0, 0.1) is 0 Å². The first-order valence-corrected chi connectivity index (χ1v) is 9.68. The van der Waals surface area contributed by atoms with Crippen molar-refractivity contribution in [2.75, 3.05) is 5.32 Å². The van der Waals surface area contributed by atoms with E-state index in [-0.39, 0.29) is 24.2 Å². The molecule has 0 radical (unpaired) electrons. The Morgan fingerprint density at radius 1 is 1.14 bits per heavy atom. The van der Waals surface area contributed by atoms with E-state index in [1.807, 2.05) is 48.6 Å². The highest BCUT2D eigenvalue weighted by molar-refractivity contribution is 5.92. The summed E-state index contributed by atoms with van der Waals surface area (Å²) in [5.41, 5.74) is 8.98. The molecule has 5 rings (SSSR count). The molecule has 2 bridgehead atoms. The van der Waals surface area contributed by atoms with Gasteiger partial charge in [0, 0.05) is 42.3 Å². The van der Waals surface area contributed by atoms with Gasteiger partial charge in [-0.15, -0.1) is 10.2 Å². The second-order valence-corrected chi connectivity index (χ2v) is 7.86. The smallest absolute Gasteiger partial charge is 0.323 e. The molecule has 144 valence electrons. The first-order chi connectivity index (χ1) is 13.6. The van der Waals surface area contributed by atoms with E-state index in [0.29, 0.717) is 5.82 Å². The number of amides is 2. The van der Waals surface area contributed by atoms with E-state index in [0.717, 1.165) is 47.7 Å². The number of hydrogen-bond acceptors (Lipinski definition) is 5. The van der Waals surface area contributed by atoms with Crippen molar-refractivity contribution in [3.8, 4) is 11.1 Å². The van der Waals surface area contributed by atoms with Crippen molar-refractivity contribution in [2.45, 2.75) is 43.8 Å². The number of nitrogens with zero attached hydrogens (tertiary/aromatic N) is 5. The fourth-order valence-corrected chi connectivity index (χ4v) is 4.58. The standard InChI is InChI=1S/C20H23N7O/c1-26-11-14(10-22-26)12-2-5-18-13(6-12)7-19(25-24-18)23-20(28)27-16-3-4-17(27)9-15(21)8-16/h2,5-7,10-11,15-17H,3-4,8-9,21H2,1H3,(H,23,25,28)/t15-,16-,17+. The lowest BCUT2D eigenvalue weighted by Crippen LogP contribution is -2.51. The van der Waals surface area contributed by atoms with Gasteiger partial charge in [0.05, 0.1) is 11.7 Å². The number of nitrogens with two attached hydrogens (primary N) is 1. The Balaban J connectivity index is 1.39. The summed E-state index contributed by atoms with van der Waals surface area (Å²) >= 11 is 0. The van der Waals surface area contributed by atoms with Crippen molar-refractivity contribution < 1.29 is 4.79 Å². The minimum Gasteiger partial charge on any atom is -0.328 e. The number of rotatable bonds is 2. The number of nitrogens with one attached hydrogen (secondary N) is 1. The summed E-state index contributed by atoms with van der Waals surface area (Å²) < 4.78 is 1.77. The van der Waals surface area contributed by atoms with Crippen LogP contribution >= 0.6 is 0 Å². The summed E-state index contributed by atoms with van der Waals surface area (Å²) in [5, 5.41) is 16.5. The maximum absolute atomic E-state index is 12.9. The largest absolute Gasteiger partial charge is 0.328 e. The molecule has 2 aromatic heterocycles. The Morgan fingerprint density at radius 3 is 2.64 bits per heavy atom. The zero-order valence-corrected chi connectivity index (χ0v) is 15.7. The maximum Gasteiger partial charge on any atom is 0.323 e. The Kier molecular flexibility index (Phi) is 4.01. The molecule has 2 fully saturated rings. The molecule has 8 heteroatoms. The first kappa shape index (κ1) is 17.1. The van der Waals surface area contributed by atoms with E-state index in [4.69, 9.17) is 5.73 Å². The van der Waals surface area contributed by atoms with E-state index >= 15 is 0 Å². The molecule has 8 nitrogen and oxygen atoms in total. The number of carbonyl (C=O) groups excluding carboxylic acids is 1. The molecule has 2 amide bonds. The third-order valence-electron chi connectivity index (χ3n) is 5.86. The van der Waals surface area contributed by atoms with E-state index < -0.39 is 0 Å². The van der Waals surface area contributed by atoms with Crippen molar-refractivity contribution in [2.24, 2.45) is 12.8 Å². The highest BCUT2D eigenvalue weighted by Gasteiger charge is 2.42. The normalized spacial score (nSPS) is 23.9. The van der Waals surface area contributed by atoms with Gasteiger partial charge in [0.15, 0.2) is 5.82 Å².